The van der Waals surface area contributed by atoms with Gasteiger partial charge in [0.2, 0.25) is 0 Å². The molecule has 0 atom stereocenters. The lowest BCUT2D eigenvalue weighted by Crippen LogP contribution is -2.25. The van der Waals surface area contributed by atoms with Crippen molar-refractivity contribution in [1.29, 1.82) is 0 Å². The Bertz CT molecular complexity index is 2290. The van der Waals surface area contributed by atoms with Crippen molar-refractivity contribution < 1.29 is 0 Å². The van der Waals surface area contributed by atoms with Crippen molar-refractivity contribution in [2.24, 2.45) is 0 Å². The minimum absolute atomic E-state index is 0.0571. The van der Waals surface area contributed by atoms with Crippen molar-refractivity contribution >= 4 is 0 Å². The molecule has 0 bridgehead atoms. The van der Waals surface area contributed by atoms with E-state index in [-0.39, 0.29) is 16.2 Å². The fraction of sp³-hybridized carbons (Fsp3) is 0.439. The molecule has 0 saturated heterocycles. The maximum absolute atomic E-state index is 5.12. The molecule has 6 aromatic rings. The van der Waals surface area contributed by atoms with Gasteiger partial charge in [-0.25, -0.2) is 15.0 Å². The number of aryl methyl sites for hydroxylation is 1. The van der Waals surface area contributed by atoms with Gasteiger partial charge in [0.15, 0.2) is 17.5 Å². The van der Waals surface area contributed by atoms with Gasteiger partial charge in [-0.05, 0) is 93.7 Å². The summed E-state index contributed by atoms with van der Waals surface area (Å²) in [5.74, 6) is 1.94. The van der Waals surface area contributed by atoms with E-state index in [1.807, 2.05) is 6.20 Å². The largest absolute Gasteiger partial charge is 0.255 e. The fourth-order valence-corrected chi connectivity index (χ4v) is 9.33. The van der Waals surface area contributed by atoms with E-state index < -0.39 is 0 Å². The number of unbranched alkanes of at least 4 members (excludes halogenated alkanes) is 7. The van der Waals surface area contributed by atoms with Crippen LogP contribution in [0.1, 0.15) is 167 Å². The minimum atomic E-state index is 0.0571. The average molecular weight is 811 g/mol. The molecule has 0 N–H and O–H groups in total. The lowest BCUT2D eigenvalue weighted by molar-refractivity contribution is 0.401. The predicted molar refractivity (Wildman–Crippen MR) is 259 cm³/mol. The summed E-state index contributed by atoms with van der Waals surface area (Å²) < 4.78 is 0. The zero-order chi connectivity index (χ0) is 43.2. The second kappa shape index (κ2) is 19.0. The number of rotatable bonds is 17. The Hall–Kier alpha value is -4.96. The molecule has 4 aromatic carbocycles. The van der Waals surface area contributed by atoms with E-state index in [0.29, 0.717) is 17.5 Å². The van der Waals surface area contributed by atoms with Crippen LogP contribution in [-0.2, 0) is 22.7 Å². The molecule has 1 aliphatic carbocycles. The van der Waals surface area contributed by atoms with Gasteiger partial charge in [-0.1, -0.05) is 199 Å². The summed E-state index contributed by atoms with van der Waals surface area (Å²) in [7, 11) is 0. The number of hydrogen-bond acceptors (Lipinski definition) is 4. The number of pyridine rings is 1. The molecule has 0 saturated carbocycles. The Kier molecular flexibility index (Phi) is 13.7. The van der Waals surface area contributed by atoms with E-state index in [1.165, 1.54) is 110 Å². The van der Waals surface area contributed by atoms with Gasteiger partial charge in [0.1, 0.15) is 0 Å². The van der Waals surface area contributed by atoms with Crippen LogP contribution in [0.5, 0.6) is 0 Å². The standard InChI is InChI=1S/C57H70N4/c1-10-13-16-18-35-57(36-19-17-14-11-2)49-32-21-40(20-15-12-3)37-47(49)48-38-43(26-33-50(48)57)51-34-27-44(39-58-51)54-60-52(41-22-28-45(29-23-41)55(4,5)6)59-53(61-54)42-24-30-46(31-25-42)56(7,8)9/h21-34,37-39H,10-20,35-36H2,1-9H3. The Morgan fingerprint density at radius 1 is 0.443 bits per heavy atom. The van der Waals surface area contributed by atoms with E-state index in [0.717, 1.165) is 34.4 Å². The third kappa shape index (κ3) is 9.90. The summed E-state index contributed by atoms with van der Waals surface area (Å²) in [5.41, 5.74) is 15.1. The number of nitrogens with zero attached hydrogens (tertiary/aromatic N) is 4. The van der Waals surface area contributed by atoms with E-state index in [2.05, 4.69) is 159 Å². The SMILES string of the molecule is CCCCCCC1(CCCCCC)c2ccc(CCCC)cc2-c2cc(-c3ccc(-c4nc(-c5ccc(C(C)(C)C)cc5)nc(-c5ccc(C(C)(C)C)cc5)n4)cn3)ccc21. The molecule has 4 heteroatoms. The monoisotopic (exact) mass is 811 g/mol. The summed E-state index contributed by atoms with van der Waals surface area (Å²) in [5, 5.41) is 0. The molecule has 0 aliphatic heterocycles. The van der Waals surface area contributed by atoms with Gasteiger partial charge in [0.05, 0.1) is 5.69 Å². The van der Waals surface area contributed by atoms with Crippen molar-refractivity contribution in [3.05, 3.63) is 131 Å². The van der Waals surface area contributed by atoms with Crippen LogP contribution in [0.2, 0.25) is 0 Å². The fourth-order valence-electron chi connectivity index (χ4n) is 9.33. The molecule has 61 heavy (non-hydrogen) atoms. The Morgan fingerprint density at radius 2 is 0.902 bits per heavy atom. The molecule has 1 aliphatic rings. The zero-order valence-electron chi connectivity index (χ0n) is 38.8. The van der Waals surface area contributed by atoms with E-state index >= 15 is 0 Å². The third-order valence-corrected chi connectivity index (χ3v) is 13.1. The molecule has 4 nitrogen and oxygen atoms in total. The third-order valence-electron chi connectivity index (χ3n) is 13.1. The highest BCUT2D eigenvalue weighted by atomic mass is 15.0. The van der Waals surface area contributed by atoms with Gasteiger partial charge in [-0.15, -0.1) is 0 Å². The Balaban J connectivity index is 1.27. The van der Waals surface area contributed by atoms with Gasteiger partial charge in [0, 0.05) is 33.9 Å². The van der Waals surface area contributed by atoms with Crippen LogP contribution in [-0.4, -0.2) is 19.9 Å². The molecule has 0 amide bonds. The Morgan fingerprint density at radius 3 is 1.38 bits per heavy atom. The highest BCUT2D eigenvalue weighted by Gasteiger charge is 2.42. The molecule has 2 heterocycles. The highest BCUT2D eigenvalue weighted by Crippen LogP contribution is 2.55. The summed E-state index contributed by atoms with van der Waals surface area (Å²) in [6.07, 6.45) is 18.2. The lowest BCUT2D eigenvalue weighted by Gasteiger charge is -2.33. The first kappa shape index (κ1) is 44.1. The van der Waals surface area contributed by atoms with Crippen LogP contribution in [0, 0.1) is 0 Å². The van der Waals surface area contributed by atoms with Crippen LogP contribution in [0.4, 0.5) is 0 Å². The molecule has 7 rings (SSSR count). The molecular formula is C57H70N4. The molecule has 0 radical (unpaired) electrons. The lowest BCUT2D eigenvalue weighted by atomic mass is 9.70. The molecule has 0 spiro atoms. The van der Waals surface area contributed by atoms with Crippen LogP contribution in [0.3, 0.4) is 0 Å². The van der Waals surface area contributed by atoms with Crippen LogP contribution in [0.25, 0.3) is 56.5 Å². The van der Waals surface area contributed by atoms with E-state index in [9.17, 15) is 0 Å². The summed E-state index contributed by atoms with van der Waals surface area (Å²) in [4.78, 5) is 20.3. The molecule has 318 valence electrons. The maximum atomic E-state index is 5.12. The van der Waals surface area contributed by atoms with Gasteiger partial charge < -0.3 is 0 Å². The number of fused-ring (bicyclic) bond motifs is 3. The molecule has 2 aromatic heterocycles. The van der Waals surface area contributed by atoms with Gasteiger partial charge in [-0.3, -0.25) is 4.98 Å². The first-order chi connectivity index (χ1) is 29.3. The van der Waals surface area contributed by atoms with Crippen molar-refractivity contribution in [3.8, 4) is 56.5 Å². The topological polar surface area (TPSA) is 51.6 Å². The molecule has 0 unspecified atom stereocenters. The Labute approximate surface area is 368 Å². The number of benzene rings is 4. The van der Waals surface area contributed by atoms with Crippen LogP contribution < -0.4 is 0 Å². The maximum Gasteiger partial charge on any atom is 0.165 e. The smallest absolute Gasteiger partial charge is 0.165 e. The first-order valence-electron chi connectivity index (χ1n) is 23.6. The second-order valence-corrected chi connectivity index (χ2v) is 19.8. The summed E-state index contributed by atoms with van der Waals surface area (Å²) in [6, 6.07) is 36.3. The van der Waals surface area contributed by atoms with Gasteiger partial charge in [0.25, 0.3) is 0 Å². The van der Waals surface area contributed by atoms with Crippen molar-refractivity contribution in [2.75, 3.05) is 0 Å². The van der Waals surface area contributed by atoms with Crippen molar-refractivity contribution in [1.82, 2.24) is 19.9 Å². The first-order valence-corrected chi connectivity index (χ1v) is 23.6. The van der Waals surface area contributed by atoms with Crippen LogP contribution >= 0.6 is 0 Å². The van der Waals surface area contributed by atoms with Gasteiger partial charge >= 0.3 is 0 Å². The van der Waals surface area contributed by atoms with Crippen molar-refractivity contribution in [3.63, 3.8) is 0 Å². The van der Waals surface area contributed by atoms with Gasteiger partial charge in [-0.2, -0.15) is 0 Å². The van der Waals surface area contributed by atoms with E-state index in [1.54, 1.807) is 5.56 Å². The van der Waals surface area contributed by atoms with Crippen LogP contribution in [0.15, 0.2) is 103 Å². The summed E-state index contributed by atoms with van der Waals surface area (Å²) in [6.45, 7) is 20.4. The molecule has 0 fully saturated rings. The molecular weight excluding hydrogens is 741 g/mol. The predicted octanol–water partition coefficient (Wildman–Crippen LogP) is 16.1. The average Bonchev–Trinajstić information content (AvgIpc) is 3.53. The highest BCUT2D eigenvalue weighted by molar-refractivity contribution is 5.85. The summed E-state index contributed by atoms with van der Waals surface area (Å²) >= 11 is 0. The number of hydrogen-bond donors (Lipinski definition) is 0. The number of aromatic nitrogens is 4. The zero-order valence-corrected chi connectivity index (χ0v) is 38.8. The van der Waals surface area contributed by atoms with E-state index in [4.69, 9.17) is 19.9 Å². The minimum Gasteiger partial charge on any atom is -0.255 e. The van der Waals surface area contributed by atoms with Crippen molar-refractivity contribution in [2.45, 2.75) is 162 Å². The normalized spacial score (nSPS) is 13.3. The second-order valence-electron chi connectivity index (χ2n) is 19.8. The quantitative estimate of drug-likeness (QED) is 0.0861.